The lowest BCUT2D eigenvalue weighted by Crippen LogP contribution is -2.29. The van der Waals surface area contributed by atoms with Gasteiger partial charge in [0.05, 0.1) is 17.0 Å². The molecule has 2 amide bonds. The Kier molecular flexibility index (Phi) is 5.72. The van der Waals surface area contributed by atoms with Crippen molar-refractivity contribution in [3.8, 4) is 0 Å². The van der Waals surface area contributed by atoms with Crippen LogP contribution in [0.1, 0.15) is 27.9 Å². The van der Waals surface area contributed by atoms with Gasteiger partial charge in [0.25, 0.3) is 5.91 Å². The van der Waals surface area contributed by atoms with E-state index in [2.05, 4.69) is 22.1 Å². The predicted octanol–water partition coefficient (Wildman–Crippen LogP) is 2.35. The number of rotatable bonds is 6. The van der Waals surface area contributed by atoms with E-state index in [0.717, 1.165) is 36.6 Å². The summed E-state index contributed by atoms with van der Waals surface area (Å²) in [4.78, 5) is 32.5. The van der Waals surface area contributed by atoms with E-state index in [0.29, 0.717) is 10.7 Å². The average Bonchev–Trinajstić information content (AvgIpc) is 3.01. The van der Waals surface area contributed by atoms with Gasteiger partial charge in [0.1, 0.15) is 0 Å². The first-order valence-electron chi connectivity index (χ1n) is 8.09. The number of thioether (sulfide) groups is 1. The third kappa shape index (κ3) is 4.39. The molecular weight excluding hydrogens is 356 g/mol. The minimum absolute atomic E-state index is 0.142. The Labute approximate surface area is 154 Å². The molecule has 0 spiro atoms. The smallest absolute Gasteiger partial charge is 0.258 e. The lowest BCUT2D eigenvalue weighted by molar-refractivity contribution is -0.115. The largest absolute Gasteiger partial charge is 0.369 e. The van der Waals surface area contributed by atoms with E-state index < -0.39 is 5.91 Å². The van der Waals surface area contributed by atoms with E-state index >= 15 is 0 Å². The van der Waals surface area contributed by atoms with E-state index in [1.807, 2.05) is 12.1 Å². The molecule has 0 radical (unpaired) electrons. The number of nitrogens with one attached hydrogen (secondary N) is 1. The van der Waals surface area contributed by atoms with Crippen molar-refractivity contribution in [3.05, 3.63) is 40.4 Å². The maximum atomic E-state index is 12.6. The summed E-state index contributed by atoms with van der Waals surface area (Å²) in [5, 5.41) is 3.52. The van der Waals surface area contributed by atoms with Crippen LogP contribution in [0, 0.1) is 0 Å². The first-order valence-corrected chi connectivity index (χ1v) is 9.89. The number of nitrogens with zero attached hydrogens (tertiary/aromatic N) is 2. The fourth-order valence-electron chi connectivity index (χ4n) is 2.67. The lowest BCUT2D eigenvalue weighted by Gasteiger charge is -2.23. The van der Waals surface area contributed by atoms with Crippen LogP contribution in [0.2, 0.25) is 0 Å². The molecular formula is C17H20N4O2S2. The first-order chi connectivity index (χ1) is 12.1. The van der Waals surface area contributed by atoms with Crippen molar-refractivity contribution in [2.45, 2.75) is 24.8 Å². The van der Waals surface area contributed by atoms with Crippen molar-refractivity contribution < 1.29 is 9.59 Å². The van der Waals surface area contributed by atoms with E-state index in [4.69, 9.17) is 5.73 Å². The summed E-state index contributed by atoms with van der Waals surface area (Å²) in [7, 11) is 0. The summed E-state index contributed by atoms with van der Waals surface area (Å²) in [6.07, 6.45) is 0.917. The van der Waals surface area contributed by atoms with Gasteiger partial charge in [0.2, 0.25) is 5.91 Å². The van der Waals surface area contributed by atoms with E-state index in [1.165, 1.54) is 28.0 Å². The molecule has 0 atom stereocenters. The number of benzene rings is 1. The zero-order chi connectivity index (χ0) is 17.8. The van der Waals surface area contributed by atoms with Crippen molar-refractivity contribution in [2.24, 2.45) is 5.73 Å². The number of carbonyl (C=O) groups excluding carboxylic acids is 2. The molecule has 0 aliphatic carbocycles. The molecule has 6 nitrogen and oxygen atoms in total. The molecule has 0 saturated heterocycles. The van der Waals surface area contributed by atoms with Crippen molar-refractivity contribution in [2.75, 3.05) is 24.2 Å². The van der Waals surface area contributed by atoms with E-state index in [-0.39, 0.29) is 11.7 Å². The molecule has 0 saturated carbocycles. The fourth-order valence-corrected chi connectivity index (χ4v) is 4.50. The molecule has 1 aromatic heterocycles. The van der Waals surface area contributed by atoms with Crippen molar-refractivity contribution in [1.82, 2.24) is 9.88 Å². The van der Waals surface area contributed by atoms with E-state index in [9.17, 15) is 9.59 Å². The van der Waals surface area contributed by atoms with Gasteiger partial charge in [-0.05, 0) is 18.7 Å². The number of nitrogens with two attached hydrogens (primary N) is 1. The Balaban J connectivity index is 1.73. The molecule has 2 aromatic rings. The molecule has 8 heteroatoms. The summed E-state index contributed by atoms with van der Waals surface area (Å²) in [5.74, 6) is -0.484. The highest BCUT2D eigenvalue weighted by Crippen LogP contribution is 2.29. The third-order valence-electron chi connectivity index (χ3n) is 3.98. The molecule has 1 aromatic carbocycles. The molecule has 132 valence electrons. The molecule has 25 heavy (non-hydrogen) atoms. The van der Waals surface area contributed by atoms with Gasteiger partial charge in [-0.3, -0.25) is 19.8 Å². The second-order valence-electron chi connectivity index (χ2n) is 5.71. The number of anilines is 1. The number of hydrogen-bond donors (Lipinski definition) is 2. The Hall–Kier alpha value is -1.90. The average molecular weight is 377 g/mol. The number of likely N-dealkylation sites (N-methyl/N-ethyl adjacent to an activating group) is 1. The number of amides is 2. The number of carbonyl (C=O) groups is 2. The highest BCUT2D eigenvalue weighted by Gasteiger charge is 2.21. The van der Waals surface area contributed by atoms with Crippen molar-refractivity contribution in [3.63, 3.8) is 0 Å². The van der Waals surface area contributed by atoms with Gasteiger partial charge >= 0.3 is 0 Å². The maximum absolute atomic E-state index is 12.6. The number of thiazole rings is 1. The molecule has 3 N–H and O–H groups in total. The molecule has 0 fully saturated rings. The normalized spacial score (nSPS) is 14.1. The SMILES string of the molecule is CCN1CCc2nc(NC(=O)c3ccccc3SCC(N)=O)sc2C1. The summed E-state index contributed by atoms with van der Waals surface area (Å²) < 4.78 is 0. The predicted molar refractivity (Wildman–Crippen MR) is 101 cm³/mol. The van der Waals surface area contributed by atoms with Gasteiger partial charge in [-0.1, -0.05) is 19.1 Å². The van der Waals surface area contributed by atoms with Crippen LogP contribution in [-0.4, -0.2) is 40.5 Å². The Morgan fingerprint density at radius 3 is 2.96 bits per heavy atom. The van der Waals surface area contributed by atoms with E-state index in [1.54, 1.807) is 12.1 Å². The number of primary amides is 1. The first kappa shape index (κ1) is 17.9. The van der Waals surface area contributed by atoms with Gasteiger partial charge in [-0.2, -0.15) is 0 Å². The van der Waals surface area contributed by atoms with Crippen LogP contribution < -0.4 is 11.1 Å². The second kappa shape index (κ2) is 7.99. The maximum Gasteiger partial charge on any atom is 0.258 e. The summed E-state index contributed by atoms with van der Waals surface area (Å²) in [6, 6.07) is 7.19. The molecule has 1 aliphatic rings. The lowest BCUT2D eigenvalue weighted by atomic mass is 10.2. The van der Waals surface area contributed by atoms with Crippen LogP contribution in [0.15, 0.2) is 29.2 Å². The number of hydrogen-bond acceptors (Lipinski definition) is 6. The van der Waals surface area contributed by atoms with Gasteiger partial charge in [-0.25, -0.2) is 4.98 Å². The summed E-state index contributed by atoms with van der Waals surface area (Å²) >= 11 is 2.80. The fraction of sp³-hybridized carbons (Fsp3) is 0.353. The van der Waals surface area contributed by atoms with Crippen LogP contribution in [0.5, 0.6) is 0 Å². The van der Waals surface area contributed by atoms with Crippen LogP contribution in [-0.2, 0) is 17.8 Å². The summed E-state index contributed by atoms with van der Waals surface area (Å²) in [6.45, 7) is 5.07. The Morgan fingerprint density at radius 1 is 1.40 bits per heavy atom. The standard InChI is InChI=1S/C17H20N4O2S2/c1-2-21-8-7-12-14(9-21)25-17(19-12)20-16(23)11-5-3-4-6-13(11)24-10-15(18)22/h3-6H,2,7-10H2,1H3,(H2,18,22)(H,19,20,23). The van der Waals surface area contributed by atoms with Crippen LogP contribution in [0.25, 0.3) is 0 Å². The molecule has 0 unspecified atom stereocenters. The number of aromatic nitrogens is 1. The van der Waals surface area contributed by atoms with Crippen molar-refractivity contribution in [1.29, 1.82) is 0 Å². The third-order valence-corrected chi connectivity index (χ3v) is 6.07. The monoisotopic (exact) mass is 376 g/mol. The topological polar surface area (TPSA) is 88.3 Å². The minimum Gasteiger partial charge on any atom is -0.369 e. The highest BCUT2D eigenvalue weighted by molar-refractivity contribution is 8.00. The molecule has 2 heterocycles. The Bertz CT molecular complexity index is 791. The summed E-state index contributed by atoms with van der Waals surface area (Å²) in [5.41, 5.74) is 6.81. The van der Waals surface area contributed by atoms with Crippen LogP contribution >= 0.6 is 23.1 Å². The highest BCUT2D eigenvalue weighted by atomic mass is 32.2. The molecule has 0 bridgehead atoms. The molecule has 1 aliphatic heterocycles. The zero-order valence-electron chi connectivity index (χ0n) is 13.9. The molecule has 3 rings (SSSR count). The Morgan fingerprint density at radius 2 is 2.20 bits per heavy atom. The van der Waals surface area contributed by atoms with Gasteiger partial charge in [0.15, 0.2) is 5.13 Å². The van der Waals surface area contributed by atoms with Crippen molar-refractivity contribution >= 4 is 40.0 Å². The van der Waals surface area contributed by atoms with Gasteiger partial charge in [-0.15, -0.1) is 23.1 Å². The zero-order valence-corrected chi connectivity index (χ0v) is 15.6. The number of fused-ring (bicyclic) bond motifs is 1. The quantitative estimate of drug-likeness (QED) is 0.756. The van der Waals surface area contributed by atoms with Crippen LogP contribution in [0.4, 0.5) is 5.13 Å². The minimum atomic E-state index is -0.409. The van der Waals surface area contributed by atoms with Gasteiger partial charge in [0, 0.05) is 29.3 Å². The second-order valence-corrected chi connectivity index (χ2v) is 7.81. The van der Waals surface area contributed by atoms with Crippen LogP contribution in [0.3, 0.4) is 0 Å². The van der Waals surface area contributed by atoms with Gasteiger partial charge < -0.3 is 5.73 Å².